The highest BCUT2D eigenvalue weighted by Crippen LogP contribution is 2.41. The zero-order chi connectivity index (χ0) is 22.1. The van der Waals surface area contributed by atoms with Crippen molar-refractivity contribution in [2.24, 2.45) is 5.41 Å². The minimum atomic E-state index is -4.53. The Morgan fingerprint density at radius 1 is 1.10 bits per heavy atom. The van der Waals surface area contributed by atoms with Gasteiger partial charge in [0.1, 0.15) is 0 Å². The van der Waals surface area contributed by atoms with Crippen molar-refractivity contribution < 1.29 is 27.4 Å². The summed E-state index contributed by atoms with van der Waals surface area (Å²) in [6, 6.07) is 8.69. The molecule has 1 spiro atoms. The van der Waals surface area contributed by atoms with E-state index >= 15 is 0 Å². The van der Waals surface area contributed by atoms with Crippen LogP contribution in [0.15, 0.2) is 24.3 Å². The second-order valence-electron chi connectivity index (χ2n) is 8.97. The number of alkyl halides is 3. The number of piperidine rings is 1. The van der Waals surface area contributed by atoms with E-state index in [1.54, 1.807) is 0 Å². The molecule has 3 saturated heterocycles. The highest BCUT2D eigenvalue weighted by atomic mass is 19.4. The molecule has 0 aromatic heterocycles. The maximum atomic E-state index is 12.6. The maximum Gasteiger partial charge on any atom is 0.425 e. The number of amides is 1. The van der Waals surface area contributed by atoms with Crippen LogP contribution in [0.4, 0.5) is 23.7 Å². The molecule has 1 aromatic carbocycles. The molecule has 3 heterocycles. The van der Waals surface area contributed by atoms with Gasteiger partial charge in [-0.05, 0) is 42.9 Å². The number of carbonyl (C=O) groups is 1. The molecule has 172 valence electrons. The lowest BCUT2D eigenvalue weighted by molar-refractivity contribution is -0.200. The van der Waals surface area contributed by atoms with Crippen molar-refractivity contribution in [1.29, 1.82) is 0 Å². The van der Waals surface area contributed by atoms with Crippen LogP contribution in [0.3, 0.4) is 0 Å². The average Bonchev–Trinajstić information content (AvgIpc) is 2.73. The monoisotopic (exact) mass is 441 g/mol. The lowest BCUT2D eigenvalue weighted by Gasteiger charge is -2.54. The molecule has 31 heavy (non-hydrogen) atoms. The molecule has 0 bridgehead atoms. The molecule has 4 rings (SSSR count). The Labute approximate surface area is 180 Å². The van der Waals surface area contributed by atoms with Crippen LogP contribution in [-0.4, -0.2) is 80.7 Å². The predicted molar refractivity (Wildman–Crippen MR) is 110 cm³/mol. The quantitative estimate of drug-likeness (QED) is 0.716. The van der Waals surface area contributed by atoms with Crippen molar-refractivity contribution in [3.63, 3.8) is 0 Å². The number of carbonyl (C=O) groups excluding carboxylic acids is 1. The minimum absolute atomic E-state index is 0.167. The second kappa shape index (κ2) is 8.86. The van der Waals surface area contributed by atoms with Gasteiger partial charge in [-0.3, -0.25) is 4.90 Å². The van der Waals surface area contributed by atoms with Crippen molar-refractivity contribution in [3.05, 3.63) is 29.8 Å². The Hall–Kier alpha value is -2.00. The third-order valence-electron chi connectivity index (χ3n) is 6.66. The van der Waals surface area contributed by atoms with Gasteiger partial charge >= 0.3 is 12.3 Å². The van der Waals surface area contributed by atoms with Crippen LogP contribution in [0.25, 0.3) is 0 Å². The number of benzene rings is 1. The van der Waals surface area contributed by atoms with Gasteiger partial charge in [-0.2, -0.15) is 13.2 Å². The lowest BCUT2D eigenvalue weighted by atomic mass is 9.72. The Morgan fingerprint density at radius 3 is 2.29 bits per heavy atom. The van der Waals surface area contributed by atoms with Crippen molar-refractivity contribution in [2.45, 2.75) is 38.6 Å². The van der Waals surface area contributed by atoms with Gasteiger partial charge in [-0.15, -0.1) is 0 Å². The number of hydrogen-bond acceptors (Lipinski definition) is 5. The van der Waals surface area contributed by atoms with Gasteiger partial charge in [0.05, 0.1) is 13.2 Å². The molecule has 3 aliphatic rings. The number of ether oxygens (including phenoxy) is 2. The molecule has 0 radical (unpaired) electrons. The van der Waals surface area contributed by atoms with Crippen molar-refractivity contribution in [1.82, 2.24) is 9.80 Å². The Morgan fingerprint density at radius 2 is 1.71 bits per heavy atom. The van der Waals surface area contributed by atoms with E-state index in [9.17, 15) is 18.0 Å². The van der Waals surface area contributed by atoms with E-state index in [1.807, 2.05) is 0 Å². The second-order valence-corrected chi connectivity index (χ2v) is 8.97. The number of morpholine rings is 1. The fraction of sp³-hybridized carbons (Fsp3) is 0.682. The molecular formula is C22H30F3N3O3. The summed E-state index contributed by atoms with van der Waals surface area (Å²) < 4.78 is 47.8. The molecule has 6 nitrogen and oxygen atoms in total. The summed E-state index contributed by atoms with van der Waals surface area (Å²) in [5.41, 5.74) is 2.67. The van der Waals surface area contributed by atoms with Gasteiger partial charge in [-0.25, -0.2) is 4.79 Å². The molecule has 9 heteroatoms. The normalized spacial score (nSPS) is 22.8. The molecular weight excluding hydrogens is 411 g/mol. The van der Waals surface area contributed by atoms with E-state index in [0.29, 0.717) is 13.1 Å². The Bertz CT molecular complexity index is 750. The van der Waals surface area contributed by atoms with E-state index in [1.165, 1.54) is 16.2 Å². The SMILES string of the molecule is CC(OC(=O)N1CCC2(CC1)CN(Cc1ccc(N3CCOCC3)cc1)C2)C(F)(F)F. The highest BCUT2D eigenvalue weighted by Gasteiger charge is 2.46. The smallest absolute Gasteiger partial charge is 0.425 e. The number of halogens is 3. The molecule has 0 saturated carbocycles. The van der Waals surface area contributed by atoms with Crippen molar-refractivity contribution in [2.75, 3.05) is 57.4 Å². The fourth-order valence-electron chi connectivity index (χ4n) is 4.68. The summed E-state index contributed by atoms with van der Waals surface area (Å²) in [5, 5.41) is 0. The third-order valence-corrected chi connectivity index (χ3v) is 6.66. The van der Waals surface area contributed by atoms with Crippen LogP contribution in [0.5, 0.6) is 0 Å². The molecule has 1 unspecified atom stereocenters. The Balaban J connectivity index is 1.20. The van der Waals surface area contributed by atoms with Gasteiger partial charge in [-0.1, -0.05) is 12.1 Å². The van der Waals surface area contributed by atoms with E-state index < -0.39 is 18.4 Å². The zero-order valence-corrected chi connectivity index (χ0v) is 17.9. The summed E-state index contributed by atoms with van der Waals surface area (Å²) in [4.78, 5) is 18.1. The van der Waals surface area contributed by atoms with Gasteiger partial charge in [0.25, 0.3) is 0 Å². The summed E-state index contributed by atoms with van der Waals surface area (Å²) in [6.45, 7) is 7.96. The van der Waals surface area contributed by atoms with E-state index in [-0.39, 0.29) is 5.41 Å². The number of rotatable bonds is 4. The molecule has 1 amide bonds. The number of hydrogen-bond donors (Lipinski definition) is 0. The first-order chi connectivity index (χ1) is 14.7. The standard InChI is InChI=1S/C22H30F3N3O3/c1-17(22(23,24)25)31-20(29)28-8-6-21(7-9-28)15-26(16-21)14-18-2-4-19(5-3-18)27-10-12-30-13-11-27/h2-5,17H,6-16H2,1H3. The summed E-state index contributed by atoms with van der Waals surface area (Å²) in [7, 11) is 0. The third kappa shape index (κ3) is 5.26. The van der Waals surface area contributed by atoms with Crippen molar-refractivity contribution in [3.8, 4) is 0 Å². The van der Waals surface area contributed by atoms with Crippen LogP contribution in [0.1, 0.15) is 25.3 Å². The van der Waals surface area contributed by atoms with Gasteiger partial charge in [0, 0.05) is 51.5 Å². The van der Waals surface area contributed by atoms with E-state index in [4.69, 9.17) is 4.74 Å². The number of nitrogens with zero attached hydrogens (tertiary/aromatic N) is 3. The molecule has 3 aliphatic heterocycles. The molecule has 3 fully saturated rings. The van der Waals surface area contributed by atoms with Crippen LogP contribution in [0, 0.1) is 5.41 Å². The first-order valence-corrected chi connectivity index (χ1v) is 10.9. The van der Waals surface area contributed by atoms with E-state index in [2.05, 4.69) is 38.8 Å². The van der Waals surface area contributed by atoms with Crippen LogP contribution < -0.4 is 4.90 Å². The van der Waals surface area contributed by atoms with Gasteiger partial charge in [0.2, 0.25) is 0 Å². The largest absolute Gasteiger partial charge is 0.437 e. The first-order valence-electron chi connectivity index (χ1n) is 10.9. The summed E-state index contributed by atoms with van der Waals surface area (Å²) in [5.74, 6) is 0. The average molecular weight is 441 g/mol. The summed E-state index contributed by atoms with van der Waals surface area (Å²) >= 11 is 0. The molecule has 1 aromatic rings. The molecule has 0 aliphatic carbocycles. The lowest BCUT2D eigenvalue weighted by Crippen LogP contribution is -2.60. The molecule has 0 N–H and O–H groups in total. The minimum Gasteiger partial charge on any atom is -0.437 e. The maximum absolute atomic E-state index is 12.6. The zero-order valence-electron chi connectivity index (χ0n) is 17.9. The highest BCUT2D eigenvalue weighted by molar-refractivity contribution is 5.68. The van der Waals surface area contributed by atoms with Gasteiger partial charge < -0.3 is 19.3 Å². The van der Waals surface area contributed by atoms with Crippen molar-refractivity contribution >= 4 is 11.8 Å². The van der Waals surface area contributed by atoms with Crippen LogP contribution in [-0.2, 0) is 16.0 Å². The predicted octanol–water partition coefficient (Wildman–Crippen LogP) is 3.51. The first kappa shape index (κ1) is 22.2. The summed E-state index contributed by atoms with van der Waals surface area (Å²) in [6.07, 6.45) is -5.87. The Kier molecular flexibility index (Phi) is 6.35. The topological polar surface area (TPSA) is 45.2 Å². The fourth-order valence-corrected chi connectivity index (χ4v) is 4.68. The molecule has 1 atom stereocenters. The van der Waals surface area contributed by atoms with Crippen LogP contribution >= 0.6 is 0 Å². The number of likely N-dealkylation sites (tertiary alicyclic amines) is 2. The van der Waals surface area contributed by atoms with Gasteiger partial charge in [0.15, 0.2) is 6.10 Å². The van der Waals surface area contributed by atoms with Crippen LogP contribution in [0.2, 0.25) is 0 Å². The number of anilines is 1. The van der Waals surface area contributed by atoms with E-state index in [0.717, 1.165) is 65.7 Å².